The average molecular weight is 386 g/mol. The second-order valence-corrected chi connectivity index (χ2v) is 8.64. The van der Waals surface area contributed by atoms with Gasteiger partial charge in [0.05, 0.1) is 0 Å². The maximum atomic E-state index is 12.6. The van der Waals surface area contributed by atoms with Gasteiger partial charge in [0.25, 0.3) is 5.91 Å². The van der Waals surface area contributed by atoms with E-state index in [4.69, 9.17) is 11.6 Å². The molecule has 3 heterocycles. The fraction of sp³-hybridized carbons (Fsp3) is 0.550. The van der Waals surface area contributed by atoms with Crippen molar-refractivity contribution in [2.45, 2.75) is 44.8 Å². The van der Waals surface area contributed by atoms with Crippen molar-refractivity contribution in [1.82, 2.24) is 25.0 Å². The first-order valence-corrected chi connectivity index (χ1v) is 10.2. The largest absolute Gasteiger partial charge is 0.347 e. The first-order chi connectivity index (χ1) is 13.2. The molecule has 27 heavy (non-hydrogen) atoms. The predicted molar refractivity (Wildman–Crippen MR) is 103 cm³/mol. The molecule has 6 nitrogen and oxygen atoms in total. The van der Waals surface area contributed by atoms with E-state index in [0.717, 1.165) is 56.3 Å². The molecule has 1 aromatic heterocycles. The molecule has 1 N–H and O–H groups in total. The molecule has 0 radical (unpaired) electrons. The number of benzene rings is 1. The number of fused-ring (bicyclic) bond motifs is 2. The second kappa shape index (κ2) is 6.91. The van der Waals surface area contributed by atoms with Gasteiger partial charge in [-0.2, -0.15) is 0 Å². The molecule has 3 aliphatic rings. The molecule has 1 amide bonds. The summed E-state index contributed by atoms with van der Waals surface area (Å²) in [5, 5.41) is 12.4. The van der Waals surface area contributed by atoms with Crippen molar-refractivity contribution in [2.75, 3.05) is 13.1 Å². The van der Waals surface area contributed by atoms with E-state index in [1.165, 1.54) is 12.0 Å². The molecule has 1 saturated heterocycles. The van der Waals surface area contributed by atoms with Crippen LogP contribution in [0, 0.1) is 11.8 Å². The van der Waals surface area contributed by atoms with Crippen LogP contribution in [0.25, 0.3) is 0 Å². The molecular weight excluding hydrogens is 362 g/mol. The normalized spacial score (nSPS) is 24.9. The molecule has 142 valence electrons. The molecule has 2 aliphatic heterocycles. The lowest BCUT2D eigenvalue weighted by molar-refractivity contribution is 0.0898. The number of amides is 1. The summed E-state index contributed by atoms with van der Waals surface area (Å²) in [7, 11) is 0. The topological polar surface area (TPSA) is 63.1 Å². The molecule has 2 aromatic rings. The Bertz CT molecular complexity index is 862. The van der Waals surface area contributed by atoms with E-state index >= 15 is 0 Å². The van der Waals surface area contributed by atoms with Gasteiger partial charge in [0.1, 0.15) is 5.82 Å². The van der Waals surface area contributed by atoms with Crippen molar-refractivity contribution in [3.8, 4) is 0 Å². The zero-order valence-electron chi connectivity index (χ0n) is 15.3. The van der Waals surface area contributed by atoms with Crippen LogP contribution in [0.15, 0.2) is 24.3 Å². The summed E-state index contributed by atoms with van der Waals surface area (Å²) in [6.07, 6.45) is 4.27. The van der Waals surface area contributed by atoms with Crippen LogP contribution in [0.5, 0.6) is 0 Å². The highest BCUT2D eigenvalue weighted by atomic mass is 35.5. The SMILES string of the molecule is O=C(NC1CCC1)c1nnc2n1C[C@H]1CN(Cc3cccc(Cl)c3)C[C@H]1C2. The minimum atomic E-state index is -0.0642. The van der Waals surface area contributed by atoms with Gasteiger partial charge in [-0.25, -0.2) is 0 Å². The Labute approximate surface area is 163 Å². The molecule has 1 saturated carbocycles. The van der Waals surface area contributed by atoms with E-state index in [0.29, 0.717) is 23.7 Å². The zero-order valence-corrected chi connectivity index (χ0v) is 16.0. The maximum Gasteiger partial charge on any atom is 0.289 e. The first kappa shape index (κ1) is 17.2. The smallest absolute Gasteiger partial charge is 0.289 e. The molecule has 7 heteroatoms. The number of carbonyl (C=O) groups is 1. The van der Waals surface area contributed by atoms with Gasteiger partial charge < -0.3 is 9.88 Å². The number of nitrogens with one attached hydrogen (secondary N) is 1. The number of aromatic nitrogens is 3. The van der Waals surface area contributed by atoms with Crippen LogP contribution < -0.4 is 5.32 Å². The molecule has 2 fully saturated rings. The Kier molecular flexibility index (Phi) is 4.40. The lowest BCUT2D eigenvalue weighted by Crippen LogP contribution is -2.41. The fourth-order valence-corrected chi connectivity index (χ4v) is 4.83. The third-order valence-electron chi connectivity index (χ3n) is 6.28. The van der Waals surface area contributed by atoms with Crippen molar-refractivity contribution in [1.29, 1.82) is 0 Å². The van der Waals surface area contributed by atoms with Crippen LogP contribution in [0.3, 0.4) is 0 Å². The number of hydrogen-bond donors (Lipinski definition) is 1. The average Bonchev–Trinajstić information content (AvgIpc) is 3.18. The van der Waals surface area contributed by atoms with Crippen LogP contribution in [0.4, 0.5) is 0 Å². The summed E-state index contributed by atoms with van der Waals surface area (Å²) in [6, 6.07) is 8.42. The van der Waals surface area contributed by atoms with E-state index in [9.17, 15) is 4.79 Å². The highest BCUT2D eigenvalue weighted by Gasteiger charge is 2.39. The summed E-state index contributed by atoms with van der Waals surface area (Å²) in [5.74, 6) is 2.51. The summed E-state index contributed by atoms with van der Waals surface area (Å²) in [6.45, 7) is 3.86. The highest BCUT2D eigenvalue weighted by Crippen LogP contribution is 2.33. The number of carbonyl (C=O) groups excluding carboxylic acids is 1. The summed E-state index contributed by atoms with van der Waals surface area (Å²) in [5.41, 5.74) is 1.25. The van der Waals surface area contributed by atoms with Crippen molar-refractivity contribution in [2.24, 2.45) is 11.8 Å². The van der Waals surface area contributed by atoms with Gasteiger partial charge in [0.2, 0.25) is 5.82 Å². The van der Waals surface area contributed by atoms with Gasteiger partial charge in [0.15, 0.2) is 0 Å². The van der Waals surface area contributed by atoms with Crippen molar-refractivity contribution in [3.05, 3.63) is 46.5 Å². The number of hydrogen-bond acceptors (Lipinski definition) is 4. The van der Waals surface area contributed by atoms with Gasteiger partial charge in [-0.15, -0.1) is 10.2 Å². The van der Waals surface area contributed by atoms with Gasteiger partial charge in [0, 0.05) is 43.7 Å². The second-order valence-electron chi connectivity index (χ2n) is 8.20. The molecule has 2 atom stereocenters. The van der Waals surface area contributed by atoms with E-state index < -0.39 is 0 Å². The van der Waals surface area contributed by atoms with E-state index in [1.807, 2.05) is 18.2 Å². The maximum absolute atomic E-state index is 12.6. The van der Waals surface area contributed by atoms with Crippen molar-refractivity contribution >= 4 is 17.5 Å². The van der Waals surface area contributed by atoms with Gasteiger partial charge >= 0.3 is 0 Å². The van der Waals surface area contributed by atoms with Gasteiger partial charge in [-0.05, 0) is 48.8 Å². The van der Waals surface area contributed by atoms with E-state index in [1.54, 1.807) is 0 Å². The number of rotatable bonds is 4. The first-order valence-electron chi connectivity index (χ1n) is 9.85. The molecule has 0 bridgehead atoms. The Morgan fingerprint density at radius 1 is 1.19 bits per heavy atom. The number of nitrogens with zero attached hydrogens (tertiary/aromatic N) is 4. The lowest BCUT2D eigenvalue weighted by Gasteiger charge is -2.28. The van der Waals surface area contributed by atoms with Gasteiger partial charge in [-0.3, -0.25) is 9.69 Å². The molecule has 5 rings (SSSR count). The molecule has 0 spiro atoms. The van der Waals surface area contributed by atoms with Crippen molar-refractivity contribution < 1.29 is 4.79 Å². The Morgan fingerprint density at radius 2 is 2.04 bits per heavy atom. The van der Waals surface area contributed by atoms with E-state index in [-0.39, 0.29) is 5.91 Å². The summed E-state index contributed by atoms with van der Waals surface area (Å²) in [4.78, 5) is 15.0. The third kappa shape index (κ3) is 3.36. The Balaban J connectivity index is 1.26. The Morgan fingerprint density at radius 3 is 2.81 bits per heavy atom. The number of halogens is 1. The molecule has 1 aromatic carbocycles. The quantitative estimate of drug-likeness (QED) is 0.878. The van der Waals surface area contributed by atoms with Crippen LogP contribution in [0.1, 0.15) is 41.3 Å². The summed E-state index contributed by atoms with van der Waals surface area (Å²) < 4.78 is 2.05. The minimum absolute atomic E-state index is 0.0642. The van der Waals surface area contributed by atoms with Crippen LogP contribution >= 0.6 is 11.6 Å². The Hall–Kier alpha value is -1.92. The minimum Gasteiger partial charge on any atom is -0.347 e. The predicted octanol–water partition coefficient (Wildman–Crippen LogP) is 2.52. The third-order valence-corrected chi connectivity index (χ3v) is 6.52. The van der Waals surface area contributed by atoms with Crippen LogP contribution in [0.2, 0.25) is 5.02 Å². The van der Waals surface area contributed by atoms with E-state index in [2.05, 4.69) is 31.0 Å². The zero-order chi connectivity index (χ0) is 18.4. The molecule has 0 unspecified atom stereocenters. The number of likely N-dealkylation sites (tertiary alicyclic amines) is 1. The standard InChI is InChI=1S/C20H24ClN5O/c21-16-4-1-3-13(7-16)9-25-10-14-8-18-23-24-19(26(18)12-15(14)11-25)20(27)22-17-5-2-6-17/h1,3-4,7,14-15,17H,2,5-6,8-12H2,(H,22,27)/t14-,15-/m1/s1. The lowest BCUT2D eigenvalue weighted by atomic mass is 9.89. The van der Waals surface area contributed by atoms with Gasteiger partial charge in [-0.1, -0.05) is 23.7 Å². The summed E-state index contributed by atoms with van der Waals surface area (Å²) >= 11 is 6.12. The molecule has 1 aliphatic carbocycles. The monoisotopic (exact) mass is 385 g/mol. The van der Waals surface area contributed by atoms with Crippen LogP contribution in [-0.2, 0) is 19.5 Å². The fourth-order valence-electron chi connectivity index (χ4n) is 4.61. The molecular formula is C20H24ClN5O. The van der Waals surface area contributed by atoms with Crippen molar-refractivity contribution in [3.63, 3.8) is 0 Å². The highest BCUT2D eigenvalue weighted by molar-refractivity contribution is 6.30. The van der Waals surface area contributed by atoms with Crippen LogP contribution in [-0.4, -0.2) is 44.7 Å².